The number of aliphatic imine (C=N–C) groups is 2. The molecule has 19 heavy (non-hydrogen) atoms. The first-order chi connectivity index (χ1) is 8.79. The van der Waals surface area contributed by atoms with E-state index >= 15 is 0 Å². The summed E-state index contributed by atoms with van der Waals surface area (Å²) in [5.74, 6) is 4.98. The molecule has 0 bridgehead atoms. The quantitative estimate of drug-likeness (QED) is 0.467. The molecule has 102 valence electrons. The molecule has 0 aliphatic carbocycles. The lowest BCUT2D eigenvalue weighted by Gasteiger charge is -2.24. The highest BCUT2D eigenvalue weighted by atomic mass is 32.2. The zero-order valence-electron chi connectivity index (χ0n) is 9.23. The lowest BCUT2D eigenvalue weighted by atomic mass is 10.2. The van der Waals surface area contributed by atoms with E-state index in [-0.39, 0.29) is 11.4 Å². The number of hydrogen-bond donors (Lipinski definition) is 2. The van der Waals surface area contributed by atoms with Crippen LogP contribution in [0.4, 0.5) is 8.78 Å². The molecule has 0 saturated carbocycles. The Balaban J connectivity index is 2.51. The molecule has 0 spiro atoms. The third-order valence-corrected chi connectivity index (χ3v) is 3.13. The summed E-state index contributed by atoms with van der Waals surface area (Å²) < 4.78 is 57.0. The van der Waals surface area contributed by atoms with Crippen LogP contribution >= 0.6 is 0 Å². The lowest BCUT2D eigenvalue weighted by Crippen LogP contribution is -2.45. The maximum atomic E-state index is 13.2. The van der Waals surface area contributed by atoms with Crippen LogP contribution in [0.2, 0.25) is 0 Å². The van der Waals surface area contributed by atoms with Gasteiger partial charge in [-0.1, -0.05) is 12.1 Å². The Bertz CT molecular complexity index is 674. The molecule has 1 heterocycles. The molecule has 10 heteroatoms. The van der Waals surface area contributed by atoms with E-state index in [4.69, 9.17) is 10.4 Å². The number of nitrogens with two attached hydrogens (primary N) is 1. The number of hydrogen-bond acceptors (Lipinski definition) is 6. The highest BCUT2D eigenvalue weighted by Crippen LogP contribution is 2.17. The van der Waals surface area contributed by atoms with Gasteiger partial charge in [-0.2, -0.15) is 27.2 Å². The van der Waals surface area contributed by atoms with Crippen molar-refractivity contribution in [2.75, 3.05) is 0 Å². The summed E-state index contributed by atoms with van der Waals surface area (Å²) in [6.45, 7) is 0. The van der Waals surface area contributed by atoms with E-state index in [1.807, 2.05) is 0 Å². The van der Waals surface area contributed by atoms with Crippen LogP contribution in [0.25, 0.3) is 0 Å². The van der Waals surface area contributed by atoms with Crippen LogP contribution in [-0.4, -0.2) is 36.3 Å². The van der Waals surface area contributed by atoms with E-state index in [1.54, 1.807) is 0 Å². The van der Waals surface area contributed by atoms with Crippen LogP contribution in [0.15, 0.2) is 39.1 Å². The third kappa shape index (κ3) is 2.75. The zero-order valence-corrected chi connectivity index (χ0v) is 10.1. The first-order valence-electron chi connectivity index (χ1n) is 4.87. The van der Waals surface area contributed by atoms with Gasteiger partial charge in [0.2, 0.25) is 0 Å². The monoisotopic (exact) mass is 290 g/mol. The van der Waals surface area contributed by atoms with Gasteiger partial charge >= 0.3 is 6.09 Å². The Hall–Kier alpha value is -1.91. The highest BCUT2D eigenvalue weighted by Gasteiger charge is 2.25. The van der Waals surface area contributed by atoms with Gasteiger partial charge in [-0.05, 0) is 12.1 Å². The van der Waals surface area contributed by atoms with Gasteiger partial charge in [0.25, 0.3) is 16.5 Å². The average Bonchev–Trinajstić information content (AvgIpc) is 2.33. The van der Waals surface area contributed by atoms with E-state index in [0.29, 0.717) is 5.01 Å². The van der Waals surface area contributed by atoms with Crippen molar-refractivity contribution in [3.63, 3.8) is 0 Å². The van der Waals surface area contributed by atoms with Crippen molar-refractivity contribution in [2.24, 2.45) is 15.8 Å². The van der Waals surface area contributed by atoms with Crippen LogP contribution in [0.3, 0.4) is 0 Å². The molecule has 0 fully saturated rings. The van der Waals surface area contributed by atoms with E-state index < -0.39 is 27.5 Å². The van der Waals surface area contributed by atoms with E-state index in [9.17, 15) is 17.2 Å². The van der Waals surface area contributed by atoms with Crippen molar-refractivity contribution in [2.45, 2.75) is 11.3 Å². The average molecular weight is 290 g/mol. The fraction of sp³-hybridized carbons (Fsp3) is 0.111. The number of benzene rings is 1. The Kier molecular flexibility index (Phi) is 3.30. The van der Waals surface area contributed by atoms with Crippen LogP contribution in [-0.2, 0) is 10.1 Å². The van der Waals surface area contributed by atoms with Gasteiger partial charge in [-0.3, -0.25) is 4.55 Å². The Morgan fingerprint density at radius 2 is 2.11 bits per heavy atom. The number of amidine groups is 2. The normalized spacial score (nSPS) is 20.0. The smallest absolute Gasteiger partial charge is 0.282 e. The standard InChI is InChI=1S/C9H8F2N4O3S/c10-8-13-7(15(12)9(11)14-8)5-2-1-3-6(4-5)19(16,17)18/h1-4,9H,12H2,(H,16,17,18). The van der Waals surface area contributed by atoms with Gasteiger partial charge in [-0.25, -0.2) is 10.9 Å². The molecular weight excluding hydrogens is 282 g/mol. The van der Waals surface area contributed by atoms with Crippen molar-refractivity contribution in [1.29, 1.82) is 0 Å². The molecule has 1 aliphatic heterocycles. The maximum absolute atomic E-state index is 13.2. The predicted molar refractivity (Wildman–Crippen MR) is 62.3 cm³/mol. The molecule has 7 nitrogen and oxygen atoms in total. The van der Waals surface area contributed by atoms with Crippen molar-refractivity contribution < 1.29 is 21.8 Å². The summed E-state index contributed by atoms with van der Waals surface area (Å²) >= 11 is 0. The topological polar surface area (TPSA) is 108 Å². The molecule has 1 atom stereocenters. The Morgan fingerprint density at radius 3 is 2.74 bits per heavy atom. The minimum atomic E-state index is -4.44. The van der Waals surface area contributed by atoms with Crippen LogP contribution in [0.1, 0.15) is 5.56 Å². The molecule has 2 rings (SSSR count). The molecule has 1 aliphatic rings. The van der Waals surface area contributed by atoms with Gasteiger partial charge in [0.05, 0.1) is 4.90 Å². The molecule has 1 aromatic rings. The molecule has 1 unspecified atom stereocenters. The molecule has 0 saturated heterocycles. The minimum absolute atomic E-state index is 0.0188. The van der Waals surface area contributed by atoms with Gasteiger partial charge < -0.3 is 0 Å². The second kappa shape index (κ2) is 4.64. The first-order valence-corrected chi connectivity index (χ1v) is 6.31. The number of rotatable bonds is 2. The lowest BCUT2D eigenvalue weighted by molar-refractivity contribution is 0.160. The van der Waals surface area contributed by atoms with E-state index in [2.05, 4.69) is 9.98 Å². The maximum Gasteiger partial charge on any atom is 0.310 e. The Morgan fingerprint density at radius 1 is 1.42 bits per heavy atom. The molecule has 0 aromatic heterocycles. The van der Waals surface area contributed by atoms with Gasteiger partial charge in [0.15, 0.2) is 5.84 Å². The fourth-order valence-electron chi connectivity index (χ4n) is 1.43. The summed E-state index contributed by atoms with van der Waals surface area (Å²) in [5, 5.41) is 0.437. The molecule has 0 amide bonds. The predicted octanol–water partition coefficient (Wildman–Crippen LogP) is 0.448. The summed E-state index contributed by atoms with van der Waals surface area (Å²) in [6, 6.07) is 4.70. The van der Waals surface area contributed by atoms with Gasteiger partial charge in [-0.15, -0.1) is 0 Å². The largest absolute Gasteiger partial charge is 0.310 e. The van der Waals surface area contributed by atoms with Crippen molar-refractivity contribution in [3.8, 4) is 0 Å². The summed E-state index contributed by atoms with van der Waals surface area (Å²) in [5.41, 5.74) is 0.0188. The third-order valence-electron chi connectivity index (χ3n) is 2.28. The SMILES string of the molecule is NN1C(c2cccc(S(=O)(=O)O)c2)=NC(F)=NC1F. The van der Waals surface area contributed by atoms with E-state index in [0.717, 1.165) is 12.1 Å². The van der Waals surface area contributed by atoms with Crippen LogP contribution in [0, 0.1) is 0 Å². The molecule has 0 radical (unpaired) electrons. The number of alkyl halides is 1. The van der Waals surface area contributed by atoms with Crippen molar-refractivity contribution in [3.05, 3.63) is 29.8 Å². The number of hydrazine groups is 1. The minimum Gasteiger partial charge on any atom is -0.282 e. The second-order valence-corrected chi connectivity index (χ2v) is 4.98. The fourth-order valence-corrected chi connectivity index (χ4v) is 1.96. The molecule has 1 aromatic carbocycles. The van der Waals surface area contributed by atoms with Crippen molar-refractivity contribution in [1.82, 2.24) is 5.01 Å². The first kappa shape index (κ1) is 13.5. The summed E-state index contributed by atoms with van der Waals surface area (Å²) in [6.07, 6.45) is -3.48. The van der Waals surface area contributed by atoms with Gasteiger partial charge in [0, 0.05) is 5.56 Å². The molecular formula is C9H8F2N4O3S. The number of halogens is 2. The Labute approximate surface area is 106 Å². The zero-order chi connectivity index (χ0) is 14.2. The van der Waals surface area contributed by atoms with Crippen LogP contribution < -0.4 is 5.84 Å². The van der Waals surface area contributed by atoms with E-state index in [1.165, 1.54) is 12.1 Å². The number of nitrogens with zero attached hydrogens (tertiary/aromatic N) is 3. The summed E-state index contributed by atoms with van der Waals surface area (Å²) in [7, 11) is -4.44. The molecule has 3 N–H and O–H groups in total. The highest BCUT2D eigenvalue weighted by molar-refractivity contribution is 7.85. The van der Waals surface area contributed by atoms with Gasteiger partial charge in [0.1, 0.15) is 0 Å². The van der Waals surface area contributed by atoms with Crippen LogP contribution in [0.5, 0.6) is 0 Å². The summed E-state index contributed by atoms with van der Waals surface area (Å²) in [4.78, 5) is 5.69. The second-order valence-electron chi connectivity index (χ2n) is 3.55. The van der Waals surface area contributed by atoms with Crippen molar-refractivity contribution >= 4 is 22.0 Å².